The highest BCUT2D eigenvalue weighted by atomic mass is 79.9. The first-order chi connectivity index (χ1) is 9.70. The molecule has 0 spiro atoms. The molecule has 1 saturated carbocycles. The fraction of sp³-hybridized carbons (Fsp3) is 0.267. The number of benzene rings is 1. The summed E-state index contributed by atoms with van der Waals surface area (Å²) < 4.78 is 6.76. The molecule has 0 radical (unpaired) electrons. The van der Waals surface area contributed by atoms with Crippen molar-refractivity contribution in [3.8, 4) is 11.5 Å². The summed E-state index contributed by atoms with van der Waals surface area (Å²) in [6, 6.07) is 9.97. The number of halogens is 2. The van der Waals surface area contributed by atoms with Crippen LogP contribution in [0.2, 0.25) is 5.02 Å². The number of ether oxygens (including phenoxy) is 1. The molecule has 5 heteroatoms. The van der Waals surface area contributed by atoms with Gasteiger partial charge in [-0.1, -0.05) is 27.5 Å². The van der Waals surface area contributed by atoms with Crippen molar-refractivity contribution in [2.24, 2.45) is 0 Å². The van der Waals surface area contributed by atoms with Crippen molar-refractivity contribution in [1.29, 1.82) is 0 Å². The van der Waals surface area contributed by atoms with Crippen molar-refractivity contribution in [3.05, 3.63) is 51.7 Å². The molecular formula is C15H14BrClN2O. The molecule has 1 aliphatic rings. The fourth-order valence-electron chi connectivity index (χ4n) is 1.83. The van der Waals surface area contributed by atoms with Crippen LogP contribution in [0.1, 0.15) is 18.5 Å². The van der Waals surface area contributed by atoms with Gasteiger partial charge in [0.25, 0.3) is 0 Å². The normalized spacial score (nSPS) is 14.3. The first kappa shape index (κ1) is 13.9. The quantitative estimate of drug-likeness (QED) is 0.857. The van der Waals surface area contributed by atoms with Gasteiger partial charge in [0.1, 0.15) is 11.5 Å². The van der Waals surface area contributed by atoms with Gasteiger partial charge in [-0.2, -0.15) is 0 Å². The predicted molar refractivity (Wildman–Crippen MR) is 83.3 cm³/mol. The van der Waals surface area contributed by atoms with Gasteiger partial charge in [-0.25, -0.2) is 0 Å². The molecular weight excluding hydrogens is 340 g/mol. The van der Waals surface area contributed by atoms with Crippen molar-refractivity contribution in [3.63, 3.8) is 0 Å². The SMILES string of the molecule is Clc1ccc(Br)cc1Oc1ccnc(CNC2CC2)c1. The smallest absolute Gasteiger partial charge is 0.147 e. The number of nitrogens with zero attached hydrogens (tertiary/aromatic N) is 1. The molecule has 2 aromatic rings. The van der Waals surface area contributed by atoms with Crippen LogP contribution in [0.5, 0.6) is 11.5 Å². The van der Waals surface area contributed by atoms with Crippen LogP contribution in [0.3, 0.4) is 0 Å². The zero-order valence-corrected chi connectivity index (χ0v) is 13.1. The molecule has 0 bridgehead atoms. The van der Waals surface area contributed by atoms with E-state index in [1.807, 2.05) is 24.3 Å². The second-order valence-electron chi connectivity index (χ2n) is 4.81. The Morgan fingerprint density at radius 2 is 2.15 bits per heavy atom. The molecule has 1 aromatic carbocycles. The van der Waals surface area contributed by atoms with Crippen LogP contribution in [-0.2, 0) is 6.54 Å². The molecule has 0 atom stereocenters. The molecule has 3 rings (SSSR count). The summed E-state index contributed by atoms with van der Waals surface area (Å²) >= 11 is 9.53. The van der Waals surface area contributed by atoms with E-state index < -0.39 is 0 Å². The second-order valence-corrected chi connectivity index (χ2v) is 6.14. The average Bonchev–Trinajstić information content (AvgIpc) is 3.25. The zero-order valence-electron chi connectivity index (χ0n) is 10.8. The van der Waals surface area contributed by atoms with Gasteiger partial charge in [0.15, 0.2) is 0 Å². The molecule has 1 N–H and O–H groups in total. The molecule has 1 aromatic heterocycles. The Hall–Kier alpha value is -1.10. The number of pyridine rings is 1. The van der Waals surface area contributed by atoms with E-state index in [0.717, 1.165) is 22.5 Å². The average molecular weight is 354 g/mol. The Bertz CT molecular complexity index is 617. The third kappa shape index (κ3) is 3.72. The first-order valence-electron chi connectivity index (χ1n) is 6.52. The Labute approximate surface area is 131 Å². The number of hydrogen-bond acceptors (Lipinski definition) is 3. The van der Waals surface area contributed by atoms with E-state index in [2.05, 4.69) is 26.2 Å². The molecule has 20 heavy (non-hydrogen) atoms. The summed E-state index contributed by atoms with van der Waals surface area (Å²) in [5.41, 5.74) is 0.973. The van der Waals surface area contributed by atoms with E-state index in [1.165, 1.54) is 12.8 Å². The fourth-order valence-corrected chi connectivity index (χ4v) is 2.33. The lowest BCUT2D eigenvalue weighted by Crippen LogP contribution is -2.16. The molecule has 104 valence electrons. The lowest BCUT2D eigenvalue weighted by molar-refractivity contribution is 0.480. The summed E-state index contributed by atoms with van der Waals surface area (Å²) in [6.07, 6.45) is 4.29. The molecule has 1 fully saturated rings. The number of nitrogens with one attached hydrogen (secondary N) is 1. The van der Waals surface area contributed by atoms with Crippen LogP contribution in [0.25, 0.3) is 0 Å². The maximum absolute atomic E-state index is 6.12. The first-order valence-corrected chi connectivity index (χ1v) is 7.69. The minimum Gasteiger partial charge on any atom is -0.456 e. The zero-order chi connectivity index (χ0) is 13.9. The predicted octanol–water partition coefficient (Wildman–Crippen LogP) is 4.54. The van der Waals surface area contributed by atoms with Gasteiger partial charge in [0.2, 0.25) is 0 Å². The second kappa shape index (κ2) is 6.12. The number of rotatable bonds is 5. The molecule has 1 heterocycles. The summed E-state index contributed by atoms with van der Waals surface area (Å²) in [7, 11) is 0. The van der Waals surface area contributed by atoms with Crippen LogP contribution >= 0.6 is 27.5 Å². The van der Waals surface area contributed by atoms with Gasteiger partial charge in [-0.3, -0.25) is 4.98 Å². The van der Waals surface area contributed by atoms with Crippen molar-refractivity contribution in [2.75, 3.05) is 0 Å². The van der Waals surface area contributed by atoms with Crippen molar-refractivity contribution >= 4 is 27.5 Å². The summed E-state index contributed by atoms with van der Waals surface area (Å²) in [5, 5.41) is 4.02. The minimum absolute atomic E-state index is 0.586. The maximum Gasteiger partial charge on any atom is 0.147 e. The van der Waals surface area contributed by atoms with Gasteiger partial charge in [-0.05, 0) is 37.1 Å². The minimum atomic E-state index is 0.586. The van der Waals surface area contributed by atoms with Crippen LogP contribution in [0.4, 0.5) is 0 Å². The molecule has 0 amide bonds. The van der Waals surface area contributed by atoms with E-state index in [-0.39, 0.29) is 0 Å². The Balaban J connectivity index is 1.72. The van der Waals surface area contributed by atoms with Crippen LogP contribution in [0, 0.1) is 0 Å². The number of aromatic nitrogens is 1. The van der Waals surface area contributed by atoms with Gasteiger partial charge < -0.3 is 10.1 Å². The highest BCUT2D eigenvalue weighted by molar-refractivity contribution is 9.10. The third-order valence-corrected chi connectivity index (χ3v) is 3.86. The standard InChI is InChI=1S/C15H14BrClN2O/c16-10-1-4-14(17)15(7-10)20-13-5-6-18-12(8-13)9-19-11-2-3-11/h1,4-8,11,19H,2-3,9H2. The highest BCUT2D eigenvalue weighted by Crippen LogP contribution is 2.32. The van der Waals surface area contributed by atoms with Gasteiger partial charge >= 0.3 is 0 Å². The molecule has 0 unspecified atom stereocenters. The Morgan fingerprint density at radius 1 is 1.30 bits per heavy atom. The van der Waals surface area contributed by atoms with Crippen LogP contribution < -0.4 is 10.1 Å². The molecule has 3 nitrogen and oxygen atoms in total. The molecule has 0 aliphatic heterocycles. The van der Waals surface area contributed by atoms with E-state index in [9.17, 15) is 0 Å². The van der Waals surface area contributed by atoms with Crippen molar-refractivity contribution in [2.45, 2.75) is 25.4 Å². The summed E-state index contributed by atoms with van der Waals surface area (Å²) in [5.74, 6) is 1.38. The summed E-state index contributed by atoms with van der Waals surface area (Å²) in [6.45, 7) is 0.772. The monoisotopic (exact) mass is 352 g/mol. The largest absolute Gasteiger partial charge is 0.456 e. The van der Waals surface area contributed by atoms with Crippen LogP contribution in [0.15, 0.2) is 41.0 Å². The summed E-state index contributed by atoms with van der Waals surface area (Å²) in [4.78, 5) is 4.34. The van der Waals surface area contributed by atoms with Gasteiger partial charge in [0, 0.05) is 29.3 Å². The van der Waals surface area contributed by atoms with Gasteiger partial charge in [-0.15, -0.1) is 0 Å². The van der Waals surface area contributed by atoms with E-state index in [0.29, 0.717) is 16.8 Å². The molecule has 1 aliphatic carbocycles. The third-order valence-electron chi connectivity index (χ3n) is 3.06. The lowest BCUT2D eigenvalue weighted by atomic mass is 10.3. The highest BCUT2D eigenvalue weighted by Gasteiger charge is 2.20. The lowest BCUT2D eigenvalue weighted by Gasteiger charge is -2.09. The van der Waals surface area contributed by atoms with Crippen LogP contribution in [-0.4, -0.2) is 11.0 Å². The Kier molecular flexibility index (Phi) is 4.24. The van der Waals surface area contributed by atoms with E-state index in [1.54, 1.807) is 12.3 Å². The van der Waals surface area contributed by atoms with Crippen molar-refractivity contribution in [1.82, 2.24) is 10.3 Å². The maximum atomic E-state index is 6.12. The van der Waals surface area contributed by atoms with E-state index >= 15 is 0 Å². The van der Waals surface area contributed by atoms with Gasteiger partial charge in [0.05, 0.1) is 10.7 Å². The van der Waals surface area contributed by atoms with E-state index in [4.69, 9.17) is 16.3 Å². The molecule has 0 saturated heterocycles. The number of hydrogen-bond donors (Lipinski definition) is 1. The Morgan fingerprint density at radius 3 is 2.95 bits per heavy atom. The van der Waals surface area contributed by atoms with Crippen molar-refractivity contribution < 1.29 is 4.74 Å². The topological polar surface area (TPSA) is 34.1 Å².